The lowest BCUT2D eigenvalue weighted by Gasteiger charge is -2.22. The third-order valence-electron chi connectivity index (χ3n) is 2.73. The van der Waals surface area contributed by atoms with Crippen LogP contribution >= 0.6 is 0 Å². The van der Waals surface area contributed by atoms with Crippen molar-refractivity contribution in [2.75, 3.05) is 6.54 Å². The summed E-state index contributed by atoms with van der Waals surface area (Å²) in [6.07, 6.45) is 6.40. The van der Waals surface area contributed by atoms with Gasteiger partial charge in [-0.25, -0.2) is 9.59 Å². The van der Waals surface area contributed by atoms with Gasteiger partial charge in [-0.2, -0.15) is 0 Å². The number of carbonyl (C=O) groups is 3. The first-order valence-electron chi connectivity index (χ1n) is 7.58. The molecule has 0 fully saturated rings. The van der Waals surface area contributed by atoms with E-state index in [0.717, 1.165) is 0 Å². The number of aliphatic carboxylic acids is 1. The average Bonchev–Trinajstić information content (AvgIpc) is 2.41. The topological polar surface area (TPSA) is 105 Å². The zero-order chi connectivity index (χ0) is 17.9. The fraction of sp³-hybridized carbons (Fsp3) is 0.688. The Morgan fingerprint density at radius 1 is 1.26 bits per heavy atom. The first-order valence-corrected chi connectivity index (χ1v) is 7.58. The molecule has 0 aliphatic carbocycles. The summed E-state index contributed by atoms with van der Waals surface area (Å²) in [6, 6.07) is -1.01. The quantitative estimate of drug-likeness (QED) is 0.441. The number of unbranched alkanes of at least 4 members (excludes halogenated alkanes) is 1. The Hall–Kier alpha value is -2.23. The van der Waals surface area contributed by atoms with Gasteiger partial charge in [0.15, 0.2) is 0 Å². The molecule has 7 heteroatoms. The molecular formula is C16H26N2O5. The molecule has 2 amide bonds. The van der Waals surface area contributed by atoms with Gasteiger partial charge in [0.1, 0.15) is 11.6 Å². The minimum Gasteiger partial charge on any atom is -0.480 e. The SMILES string of the molecule is C#CCCC(=O)NCCCCC(NC(=O)OC(C)(C)C)C(=O)O. The van der Waals surface area contributed by atoms with E-state index in [4.69, 9.17) is 16.3 Å². The summed E-state index contributed by atoms with van der Waals surface area (Å²) in [5, 5.41) is 14.1. The molecule has 0 aromatic heterocycles. The van der Waals surface area contributed by atoms with E-state index in [2.05, 4.69) is 16.6 Å². The number of carbonyl (C=O) groups excluding carboxylic acids is 2. The minimum atomic E-state index is -1.12. The van der Waals surface area contributed by atoms with Crippen molar-refractivity contribution in [3.05, 3.63) is 0 Å². The predicted octanol–water partition coefficient (Wildman–Crippen LogP) is 1.66. The van der Waals surface area contributed by atoms with Crippen LogP contribution in [0.2, 0.25) is 0 Å². The predicted molar refractivity (Wildman–Crippen MR) is 85.7 cm³/mol. The molecule has 3 N–H and O–H groups in total. The van der Waals surface area contributed by atoms with E-state index in [0.29, 0.717) is 25.8 Å². The number of alkyl carbamates (subject to hydrolysis) is 1. The van der Waals surface area contributed by atoms with Crippen LogP contribution in [0.5, 0.6) is 0 Å². The van der Waals surface area contributed by atoms with Crippen molar-refractivity contribution in [2.45, 2.75) is 64.5 Å². The Kier molecular flexibility index (Phi) is 9.47. The first-order chi connectivity index (χ1) is 10.7. The Morgan fingerprint density at radius 2 is 1.91 bits per heavy atom. The number of nitrogens with one attached hydrogen (secondary N) is 2. The summed E-state index contributed by atoms with van der Waals surface area (Å²) in [5.41, 5.74) is -0.685. The molecule has 1 unspecified atom stereocenters. The van der Waals surface area contributed by atoms with Gasteiger partial charge in [-0.05, 0) is 40.0 Å². The molecule has 0 radical (unpaired) electrons. The smallest absolute Gasteiger partial charge is 0.408 e. The van der Waals surface area contributed by atoms with Crippen molar-refractivity contribution < 1.29 is 24.2 Å². The van der Waals surface area contributed by atoms with Gasteiger partial charge in [0, 0.05) is 19.4 Å². The molecule has 23 heavy (non-hydrogen) atoms. The lowest BCUT2D eigenvalue weighted by Crippen LogP contribution is -2.43. The molecule has 0 bridgehead atoms. The second-order valence-electron chi connectivity index (χ2n) is 6.09. The number of amides is 2. The number of hydrogen-bond donors (Lipinski definition) is 3. The van der Waals surface area contributed by atoms with Crippen LogP contribution < -0.4 is 10.6 Å². The number of ether oxygens (including phenoxy) is 1. The summed E-state index contributed by atoms with van der Waals surface area (Å²) in [7, 11) is 0. The molecule has 0 aliphatic heterocycles. The zero-order valence-electron chi connectivity index (χ0n) is 14.0. The van der Waals surface area contributed by atoms with Crippen molar-refractivity contribution >= 4 is 18.0 Å². The molecule has 0 aromatic carbocycles. The van der Waals surface area contributed by atoms with Crippen molar-refractivity contribution in [2.24, 2.45) is 0 Å². The van der Waals surface area contributed by atoms with Gasteiger partial charge in [0.2, 0.25) is 5.91 Å². The number of carboxylic acid groups (broad SMARTS) is 1. The van der Waals surface area contributed by atoms with Crippen LogP contribution in [-0.4, -0.2) is 41.3 Å². The monoisotopic (exact) mass is 326 g/mol. The number of hydrogen-bond acceptors (Lipinski definition) is 4. The summed E-state index contributed by atoms with van der Waals surface area (Å²) in [6.45, 7) is 5.55. The van der Waals surface area contributed by atoms with Gasteiger partial charge in [-0.15, -0.1) is 12.3 Å². The lowest BCUT2D eigenvalue weighted by atomic mass is 10.1. The molecule has 0 saturated heterocycles. The van der Waals surface area contributed by atoms with Gasteiger partial charge in [-0.3, -0.25) is 4.79 Å². The van der Waals surface area contributed by atoms with Crippen molar-refractivity contribution in [1.29, 1.82) is 0 Å². The van der Waals surface area contributed by atoms with Crippen LogP contribution in [0.3, 0.4) is 0 Å². The summed E-state index contributed by atoms with van der Waals surface area (Å²) >= 11 is 0. The molecule has 0 aliphatic rings. The number of terminal acetylenes is 1. The molecule has 0 spiro atoms. The van der Waals surface area contributed by atoms with Crippen LogP contribution in [0, 0.1) is 12.3 Å². The van der Waals surface area contributed by atoms with Gasteiger partial charge in [0.05, 0.1) is 0 Å². The van der Waals surface area contributed by atoms with Crippen molar-refractivity contribution in [3.8, 4) is 12.3 Å². The van der Waals surface area contributed by atoms with Crippen LogP contribution in [-0.2, 0) is 14.3 Å². The normalized spacial score (nSPS) is 11.9. The fourth-order valence-corrected chi connectivity index (χ4v) is 1.68. The molecule has 0 heterocycles. The fourth-order valence-electron chi connectivity index (χ4n) is 1.68. The molecule has 0 aromatic rings. The van der Waals surface area contributed by atoms with Crippen LogP contribution in [0.4, 0.5) is 4.79 Å². The molecule has 0 rings (SSSR count). The van der Waals surface area contributed by atoms with E-state index in [-0.39, 0.29) is 18.7 Å². The third kappa shape index (κ3) is 12.0. The zero-order valence-corrected chi connectivity index (χ0v) is 14.0. The van der Waals surface area contributed by atoms with E-state index in [9.17, 15) is 14.4 Å². The van der Waals surface area contributed by atoms with Crippen LogP contribution in [0.25, 0.3) is 0 Å². The maximum Gasteiger partial charge on any atom is 0.408 e. The maximum atomic E-state index is 11.6. The van der Waals surface area contributed by atoms with Crippen LogP contribution in [0.1, 0.15) is 52.9 Å². The first kappa shape index (κ1) is 20.8. The summed E-state index contributed by atoms with van der Waals surface area (Å²) < 4.78 is 5.03. The van der Waals surface area contributed by atoms with Crippen molar-refractivity contribution in [3.63, 3.8) is 0 Å². The van der Waals surface area contributed by atoms with E-state index in [1.807, 2.05) is 0 Å². The van der Waals surface area contributed by atoms with Gasteiger partial charge < -0.3 is 20.5 Å². The van der Waals surface area contributed by atoms with E-state index in [1.165, 1.54) is 0 Å². The highest BCUT2D eigenvalue weighted by atomic mass is 16.6. The van der Waals surface area contributed by atoms with Crippen molar-refractivity contribution in [1.82, 2.24) is 10.6 Å². The lowest BCUT2D eigenvalue weighted by molar-refractivity contribution is -0.139. The highest BCUT2D eigenvalue weighted by Crippen LogP contribution is 2.08. The molecular weight excluding hydrogens is 300 g/mol. The molecule has 0 saturated carbocycles. The summed E-state index contributed by atoms with van der Waals surface area (Å²) in [5.74, 6) is 1.15. The highest BCUT2D eigenvalue weighted by Gasteiger charge is 2.23. The second kappa shape index (κ2) is 10.5. The summed E-state index contributed by atoms with van der Waals surface area (Å²) in [4.78, 5) is 34.0. The Morgan fingerprint density at radius 3 is 2.43 bits per heavy atom. The second-order valence-corrected chi connectivity index (χ2v) is 6.09. The molecule has 130 valence electrons. The van der Waals surface area contributed by atoms with Gasteiger partial charge in [-0.1, -0.05) is 0 Å². The third-order valence-corrected chi connectivity index (χ3v) is 2.73. The standard InChI is InChI=1S/C16H26N2O5/c1-5-6-10-13(19)17-11-8-7-9-12(14(20)21)18-15(22)23-16(2,3)4/h1,12H,6-11H2,2-4H3,(H,17,19)(H,18,22)(H,20,21). The Bertz CT molecular complexity index is 448. The molecule has 7 nitrogen and oxygen atoms in total. The Balaban J connectivity index is 4.03. The van der Waals surface area contributed by atoms with Gasteiger partial charge in [0.25, 0.3) is 0 Å². The average molecular weight is 326 g/mol. The van der Waals surface area contributed by atoms with E-state index in [1.54, 1.807) is 20.8 Å². The highest BCUT2D eigenvalue weighted by molar-refractivity contribution is 5.80. The minimum absolute atomic E-state index is 0.121. The van der Waals surface area contributed by atoms with E-state index < -0.39 is 23.7 Å². The maximum absolute atomic E-state index is 11.6. The molecule has 1 atom stereocenters. The van der Waals surface area contributed by atoms with Gasteiger partial charge >= 0.3 is 12.1 Å². The van der Waals surface area contributed by atoms with E-state index >= 15 is 0 Å². The van der Waals surface area contributed by atoms with Crippen LogP contribution in [0.15, 0.2) is 0 Å². The number of carboxylic acids is 1. The number of rotatable bonds is 9. The largest absolute Gasteiger partial charge is 0.480 e. The Labute approximate surface area is 137 Å².